The molecule has 90 valence electrons. The molecule has 1 N–H and O–H groups in total. The van der Waals surface area contributed by atoms with Crippen molar-refractivity contribution in [2.75, 3.05) is 0 Å². The van der Waals surface area contributed by atoms with E-state index in [0.29, 0.717) is 22.9 Å². The van der Waals surface area contributed by atoms with Gasteiger partial charge in [-0.05, 0) is 25.1 Å². The molecule has 0 unspecified atom stereocenters. The van der Waals surface area contributed by atoms with E-state index in [9.17, 15) is 5.11 Å². The molecule has 0 spiro atoms. The summed E-state index contributed by atoms with van der Waals surface area (Å²) in [6, 6.07) is 5.14. The molecule has 0 bridgehead atoms. The Morgan fingerprint density at radius 1 is 1.53 bits per heavy atom. The average Bonchev–Trinajstić information content (AvgIpc) is 2.80. The van der Waals surface area contributed by atoms with Crippen LogP contribution in [0, 0.1) is 0 Å². The first-order chi connectivity index (χ1) is 8.16. The van der Waals surface area contributed by atoms with E-state index in [1.807, 2.05) is 0 Å². The molecule has 0 radical (unpaired) electrons. The predicted octanol–water partition coefficient (Wildman–Crippen LogP) is 2.96. The minimum absolute atomic E-state index is 0.338. The van der Waals surface area contributed by atoms with Gasteiger partial charge in [0.05, 0.1) is 12.3 Å². The molecule has 0 aliphatic heterocycles. The molecule has 1 heterocycles. The molecule has 0 aliphatic rings. The molecule has 1 atom stereocenters. The number of nitrogens with zero attached hydrogens (tertiary/aromatic N) is 1. The molecule has 0 saturated heterocycles. The number of benzene rings is 1. The van der Waals surface area contributed by atoms with Crippen molar-refractivity contribution in [1.82, 2.24) is 5.16 Å². The fraction of sp³-hybridized carbons (Fsp3) is 0.250. The molecule has 0 aliphatic carbocycles. The van der Waals surface area contributed by atoms with Gasteiger partial charge in [0.15, 0.2) is 0 Å². The van der Waals surface area contributed by atoms with E-state index in [1.54, 1.807) is 31.3 Å². The highest BCUT2D eigenvalue weighted by molar-refractivity contribution is 6.30. The van der Waals surface area contributed by atoms with Crippen LogP contribution < -0.4 is 4.74 Å². The van der Waals surface area contributed by atoms with Crippen LogP contribution in [0.5, 0.6) is 5.75 Å². The highest BCUT2D eigenvalue weighted by Gasteiger charge is 2.10. The van der Waals surface area contributed by atoms with Gasteiger partial charge in [-0.15, -0.1) is 0 Å². The third-order valence-electron chi connectivity index (χ3n) is 2.30. The summed E-state index contributed by atoms with van der Waals surface area (Å²) in [5, 5.41) is 13.8. The summed E-state index contributed by atoms with van der Waals surface area (Å²) in [5.74, 6) is 0.602. The van der Waals surface area contributed by atoms with Crippen molar-refractivity contribution < 1.29 is 14.4 Å². The summed E-state index contributed by atoms with van der Waals surface area (Å²) >= 11 is 5.87. The molecule has 1 aromatic heterocycles. The first-order valence-corrected chi connectivity index (χ1v) is 5.53. The molecule has 0 amide bonds. The minimum atomic E-state index is -0.633. The summed E-state index contributed by atoms with van der Waals surface area (Å²) in [6.45, 7) is 2.00. The van der Waals surface area contributed by atoms with E-state index in [2.05, 4.69) is 5.16 Å². The van der Waals surface area contributed by atoms with Crippen molar-refractivity contribution in [2.24, 2.45) is 0 Å². The first kappa shape index (κ1) is 12.0. The van der Waals surface area contributed by atoms with Gasteiger partial charge in [0, 0.05) is 16.1 Å². The Morgan fingerprint density at radius 3 is 3.00 bits per heavy atom. The highest BCUT2D eigenvalue weighted by atomic mass is 35.5. The van der Waals surface area contributed by atoms with E-state index < -0.39 is 6.10 Å². The fourth-order valence-corrected chi connectivity index (χ4v) is 1.62. The fourth-order valence-electron chi connectivity index (χ4n) is 1.44. The maximum Gasteiger partial charge on any atom is 0.130 e. The van der Waals surface area contributed by atoms with Gasteiger partial charge >= 0.3 is 0 Å². The lowest BCUT2D eigenvalue weighted by Gasteiger charge is -2.13. The van der Waals surface area contributed by atoms with E-state index in [4.69, 9.17) is 20.9 Å². The van der Waals surface area contributed by atoms with Crippen LogP contribution in [0.2, 0.25) is 5.02 Å². The molecule has 1 aromatic carbocycles. The van der Waals surface area contributed by atoms with Gasteiger partial charge in [0.2, 0.25) is 0 Å². The Morgan fingerprint density at radius 2 is 2.35 bits per heavy atom. The summed E-state index contributed by atoms with van der Waals surface area (Å²) in [7, 11) is 0. The van der Waals surface area contributed by atoms with Crippen molar-refractivity contribution in [2.45, 2.75) is 19.6 Å². The van der Waals surface area contributed by atoms with Gasteiger partial charge < -0.3 is 14.4 Å². The van der Waals surface area contributed by atoms with Crippen molar-refractivity contribution in [3.63, 3.8) is 0 Å². The highest BCUT2D eigenvalue weighted by Crippen LogP contribution is 2.28. The molecular weight excluding hydrogens is 242 g/mol. The number of rotatable bonds is 4. The Labute approximate surface area is 104 Å². The Balaban J connectivity index is 2.14. The second kappa shape index (κ2) is 5.21. The monoisotopic (exact) mass is 253 g/mol. The maximum absolute atomic E-state index is 9.62. The van der Waals surface area contributed by atoms with Crippen molar-refractivity contribution in [1.29, 1.82) is 0 Å². The van der Waals surface area contributed by atoms with Crippen LogP contribution in [0.3, 0.4) is 0 Å². The van der Waals surface area contributed by atoms with Crippen molar-refractivity contribution in [3.05, 3.63) is 46.8 Å². The number of aromatic nitrogens is 1. The summed E-state index contributed by atoms with van der Waals surface area (Å²) in [4.78, 5) is 0. The van der Waals surface area contributed by atoms with E-state index in [1.165, 1.54) is 6.26 Å². The van der Waals surface area contributed by atoms with Crippen LogP contribution in [-0.4, -0.2) is 10.3 Å². The Kier molecular flexibility index (Phi) is 3.66. The van der Waals surface area contributed by atoms with Crippen LogP contribution in [0.4, 0.5) is 0 Å². The third-order valence-corrected chi connectivity index (χ3v) is 2.53. The van der Waals surface area contributed by atoms with E-state index in [-0.39, 0.29) is 0 Å². The Bertz CT molecular complexity index is 483. The lowest BCUT2D eigenvalue weighted by molar-refractivity contribution is 0.190. The van der Waals surface area contributed by atoms with Gasteiger partial charge in [-0.2, -0.15) is 0 Å². The lowest BCUT2D eigenvalue weighted by Crippen LogP contribution is -2.00. The Hall–Kier alpha value is -1.52. The largest absolute Gasteiger partial charge is 0.488 e. The molecule has 5 heteroatoms. The second-order valence-corrected chi connectivity index (χ2v) is 4.12. The lowest BCUT2D eigenvalue weighted by atomic mass is 10.1. The van der Waals surface area contributed by atoms with Crippen LogP contribution in [0.25, 0.3) is 0 Å². The predicted molar refractivity (Wildman–Crippen MR) is 62.9 cm³/mol. The number of ether oxygens (including phenoxy) is 1. The van der Waals surface area contributed by atoms with Crippen LogP contribution in [0.15, 0.2) is 35.2 Å². The number of hydrogen-bond acceptors (Lipinski definition) is 4. The topological polar surface area (TPSA) is 55.5 Å². The molecule has 0 fully saturated rings. The normalized spacial score (nSPS) is 12.4. The maximum atomic E-state index is 9.62. The molecule has 2 rings (SSSR count). The zero-order valence-corrected chi connectivity index (χ0v) is 10.0. The summed E-state index contributed by atoms with van der Waals surface area (Å²) in [5.41, 5.74) is 1.49. The number of aliphatic hydroxyl groups excluding tert-OH is 1. The van der Waals surface area contributed by atoms with Crippen LogP contribution in [-0.2, 0) is 6.61 Å². The zero-order valence-electron chi connectivity index (χ0n) is 9.26. The zero-order chi connectivity index (χ0) is 12.3. The molecule has 2 aromatic rings. The van der Waals surface area contributed by atoms with E-state index >= 15 is 0 Å². The van der Waals surface area contributed by atoms with Crippen molar-refractivity contribution in [3.8, 4) is 5.75 Å². The van der Waals surface area contributed by atoms with Gasteiger partial charge in [-0.25, -0.2) is 0 Å². The van der Waals surface area contributed by atoms with Gasteiger partial charge in [0.25, 0.3) is 0 Å². The standard InChI is InChI=1S/C12H12ClNO3/c1-8(15)11-4-10(13)2-3-12(11)16-6-9-5-14-17-7-9/h2-5,7-8,15H,6H2,1H3/t8-/m1/s1. The quantitative estimate of drug-likeness (QED) is 0.910. The summed E-state index contributed by atoms with van der Waals surface area (Å²) in [6.07, 6.45) is 2.46. The number of halogens is 1. The second-order valence-electron chi connectivity index (χ2n) is 3.68. The first-order valence-electron chi connectivity index (χ1n) is 5.15. The van der Waals surface area contributed by atoms with Crippen LogP contribution in [0.1, 0.15) is 24.2 Å². The number of hydrogen-bond donors (Lipinski definition) is 1. The van der Waals surface area contributed by atoms with Crippen molar-refractivity contribution >= 4 is 11.6 Å². The van der Waals surface area contributed by atoms with E-state index in [0.717, 1.165) is 5.56 Å². The van der Waals surface area contributed by atoms with Gasteiger partial charge in [-0.1, -0.05) is 16.8 Å². The average molecular weight is 254 g/mol. The summed E-state index contributed by atoms with van der Waals surface area (Å²) < 4.78 is 10.3. The molecule has 17 heavy (non-hydrogen) atoms. The minimum Gasteiger partial charge on any atom is -0.488 e. The van der Waals surface area contributed by atoms with Gasteiger partial charge in [-0.3, -0.25) is 0 Å². The SMILES string of the molecule is C[C@@H](O)c1cc(Cl)ccc1OCc1cnoc1. The number of aliphatic hydroxyl groups is 1. The molecular formula is C12H12ClNO3. The smallest absolute Gasteiger partial charge is 0.130 e. The van der Waals surface area contributed by atoms with Crippen LogP contribution >= 0.6 is 11.6 Å². The third kappa shape index (κ3) is 2.99. The van der Waals surface area contributed by atoms with Gasteiger partial charge in [0.1, 0.15) is 18.6 Å². The molecule has 0 saturated carbocycles. The molecule has 4 nitrogen and oxygen atoms in total.